The highest BCUT2D eigenvalue weighted by molar-refractivity contribution is 8.15. The molecular weight excluding hydrogens is 470 g/mol. The number of halogens is 2. The molecule has 0 spiro atoms. The van der Waals surface area contributed by atoms with E-state index in [1.54, 1.807) is 24.8 Å². The van der Waals surface area contributed by atoms with E-state index in [4.69, 9.17) is 10.5 Å². The van der Waals surface area contributed by atoms with Crippen LogP contribution in [0.25, 0.3) is 11.9 Å². The number of thioether (sulfide) groups is 1. The summed E-state index contributed by atoms with van der Waals surface area (Å²) in [4.78, 5) is 23.8. The normalized spacial score (nSPS) is 24.9. The first-order chi connectivity index (χ1) is 16.6. The van der Waals surface area contributed by atoms with Gasteiger partial charge in [-0.3, -0.25) is 4.79 Å². The summed E-state index contributed by atoms with van der Waals surface area (Å²) in [5.74, 6) is -0.741. The topological polar surface area (TPSA) is 80.8 Å². The van der Waals surface area contributed by atoms with Crippen LogP contribution in [0.2, 0.25) is 0 Å². The third-order valence-electron chi connectivity index (χ3n) is 6.63. The minimum absolute atomic E-state index is 0.109. The second kappa shape index (κ2) is 9.45. The van der Waals surface area contributed by atoms with Crippen molar-refractivity contribution >= 4 is 34.7 Å². The minimum Gasteiger partial charge on any atom is -0.495 e. The zero-order valence-electron chi connectivity index (χ0n) is 20.0. The lowest BCUT2D eigenvalue weighted by molar-refractivity contribution is -0.131. The summed E-state index contributed by atoms with van der Waals surface area (Å²) in [6, 6.07) is 7.33. The number of benzene rings is 1. The molecule has 2 aliphatic heterocycles. The summed E-state index contributed by atoms with van der Waals surface area (Å²) in [5.41, 5.74) is 5.98. The van der Waals surface area contributed by atoms with Crippen LogP contribution in [-0.4, -0.2) is 45.9 Å². The number of amides is 1. The molecule has 2 aromatic rings. The predicted octanol–water partition coefficient (Wildman–Crippen LogP) is 4.91. The van der Waals surface area contributed by atoms with E-state index in [0.717, 1.165) is 24.6 Å². The number of aliphatic imine (C=N–C) groups is 1. The molecule has 0 bridgehead atoms. The molecule has 4 rings (SSSR count). The Balaban J connectivity index is 1.72. The standard InChI is InChI=1S/C26H28F2N4O2S/c1-16-25(2,31-24(29)35-26(16,3)23(33)32-11-5-6-12-32)19-13-17(7-9-20(19)27)14-21(28)22-10-8-18(34-4)15-30-22/h7-10,13-15H,1,5-6,11-12H2,2-4H3,(H2,29,31)/b21-14-/t25-,26-/m0/s1. The van der Waals surface area contributed by atoms with Gasteiger partial charge in [-0.1, -0.05) is 24.4 Å². The molecular formula is C26H28F2N4O2S. The third-order valence-corrected chi connectivity index (χ3v) is 7.76. The number of carbonyl (C=O) groups is 1. The number of ether oxygens (including phenoxy) is 1. The van der Waals surface area contributed by atoms with E-state index in [2.05, 4.69) is 16.6 Å². The van der Waals surface area contributed by atoms with Crippen LogP contribution >= 0.6 is 11.8 Å². The molecule has 0 aliphatic carbocycles. The first kappa shape index (κ1) is 24.9. The second-order valence-electron chi connectivity index (χ2n) is 8.95. The van der Waals surface area contributed by atoms with Crippen molar-refractivity contribution in [3.05, 3.63) is 71.3 Å². The van der Waals surface area contributed by atoms with Crippen LogP contribution in [-0.2, 0) is 10.3 Å². The van der Waals surface area contributed by atoms with Gasteiger partial charge < -0.3 is 15.4 Å². The fraction of sp³-hybridized carbons (Fsp3) is 0.346. The number of nitrogens with zero attached hydrogens (tertiary/aromatic N) is 3. The number of rotatable bonds is 5. The van der Waals surface area contributed by atoms with Gasteiger partial charge in [0.2, 0.25) is 5.91 Å². The Bertz CT molecular complexity index is 1220. The van der Waals surface area contributed by atoms with Crippen molar-refractivity contribution < 1.29 is 18.3 Å². The summed E-state index contributed by atoms with van der Waals surface area (Å²) in [7, 11) is 1.50. The van der Waals surface area contributed by atoms with Gasteiger partial charge in [-0.15, -0.1) is 0 Å². The maximum atomic E-state index is 15.2. The maximum Gasteiger partial charge on any atom is 0.243 e. The molecule has 184 valence electrons. The molecule has 1 saturated heterocycles. The van der Waals surface area contributed by atoms with Gasteiger partial charge >= 0.3 is 0 Å². The van der Waals surface area contributed by atoms with Crippen LogP contribution in [0.4, 0.5) is 8.78 Å². The van der Waals surface area contributed by atoms with E-state index in [0.29, 0.717) is 30.0 Å². The van der Waals surface area contributed by atoms with E-state index in [1.807, 2.05) is 0 Å². The Morgan fingerprint density at radius 2 is 1.97 bits per heavy atom. The predicted molar refractivity (Wildman–Crippen MR) is 136 cm³/mol. The lowest BCUT2D eigenvalue weighted by atomic mass is 9.77. The number of carbonyl (C=O) groups excluding carboxylic acids is 1. The number of amidine groups is 1. The van der Waals surface area contributed by atoms with Crippen LogP contribution in [0.1, 0.15) is 43.5 Å². The fourth-order valence-corrected chi connectivity index (χ4v) is 5.72. The Kier molecular flexibility index (Phi) is 6.73. The highest BCUT2D eigenvalue weighted by atomic mass is 32.2. The summed E-state index contributed by atoms with van der Waals surface area (Å²) in [5, 5.41) is 0.170. The van der Waals surface area contributed by atoms with Gasteiger partial charge in [0.1, 0.15) is 27.7 Å². The third kappa shape index (κ3) is 4.57. The average Bonchev–Trinajstić information content (AvgIpc) is 3.38. The van der Waals surface area contributed by atoms with E-state index in [1.165, 1.54) is 43.6 Å². The van der Waals surface area contributed by atoms with Crippen molar-refractivity contribution in [1.29, 1.82) is 0 Å². The molecule has 3 heterocycles. The molecule has 1 amide bonds. The van der Waals surface area contributed by atoms with E-state index >= 15 is 4.39 Å². The first-order valence-corrected chi connectivity index (χ1v) is 12.1. The van der Waals surface area contributed by atoms with Gasteiger partial charge in [-0.05, 0) is 68.2 Å². The Morgan fingerprint density at radius 1 is 1.26 bits per heavy atom. The zero-order chi connectivity index (χ0) is 25.4. The van der Waals surface area contributed by atoms with E-state index < -0.39 is 21.9 Å². The Labute approximate surface area is 208 Å². The lowest BCUT2D eigenvalue weighted by Crippen LogP contribution is -2.52. The van der Waals surface area contributed by atoms with Gasteiger partial charge in [-0.25, -0.2) is 18.8 Å². The molecule has 1 aromatic heterocycles. The number of pyridine rings is 1. The summed E-state index contributed by atoms with van der Waals surface area (Å²) in [6.45, 7) is 9.00. The number of hydrogen-bond donors (Lipinski definition) is 1. The van der Waals surface area contributed by atoms with Crippen molar-refractivity contribution in [3.63, 3.8) is 0 Å². The lowest BCUT2D eigenvalue weighted by Gasteiger charge is -2.44. The van der Waals surface area contributed by atoms with Crippen LogP contribution in [0.5, 0.6) is 5.75 Å². The molecule has 0 radical (unpaired) electrons. The molecule has 9 heteroatoms. The highest BCUT2D eigenvalue weighted by Gasteiger charge is 2.52. The molecule has 0 unspecified atom stereocenters. The number of aromatic nitrogens is 1. The largest absolute Gasteiger partial charge is 0.495 e. The Hall–Kier alpha value is -3.20. The van der Waals surface area contributed by atoms with Gasteiger partial charge in [0.25, 0.3) is 0 Å². The zero-order valence-corrected chi connectivity index (χ0v) is 20.8. The van der Waals surface area contributed by atoms with Gasteiger partial charge in [0.05, 0.1) is 19.0 Å². The number of nitrogens with two attached hydrogens (primary N) is 1. The molecule has 1 fully saturated rings. The van der Waals surface area contributed by atoms with Gasteiger partial charge in [-0.2, -0.15) is 0 Å². The molecule has 2 atom stereocenters. The number of methoxy groups -OCH3 is 1. The van der Waals surface area contributed by atoms with Crippen molar-refractivity contribution in [3.8, 4) is 5.75 Å². The molecule has 35 heavy (non-hydrogen) atoms. The molecule has 6 nitrogen and oxygen atoms in total. The average molecular weight is 499 g/mol. The molecule has 1 aromatic carbocycles. The fourth-order valence-electron chi connectivity index (χ4n) is 4.53. The summed E-state index contributed by atoms with van der Waals surface area (Å²) < 4.78 is 34.1. The van der Waals surface area contributed by atoms with Crippen molar-refractivity contribution in [2.24, 2.45) is 10.7 Å². The summed E-state index contributed by atoms with van der Waals surface area (Å²) in [6.07, 6.45) is 4.57. The van der Waals surface area contributed by atoms with Crippen LogP contribution in [0.15, 0.2) is 53.7 Å². The SMILES string of the molecule is C=C1[C@@](C)(C(=O)N2CCCC2)SC(N)=N[C@]1(C)c1cc(/C=C(\F)c2ccc(OC)cn2)ccc1F. The number of likely N-dealkylation sites (tertiary alicyclic amines) is 1. The van der Waals surface area contributed by atoms with Crippen molar-refractivity contribution in [1.82, 2.24) is 9.88 Å². The van der Waals surface area contributed by atoms with Crippen LogP contribution < -0.4 is 10.5 Å². The quantitative estimate of drug-likeness (QED) is 0.593. The summed E-state index contributed by atoms with van der Waals surface area (Å²) >= 11 is 1.13. The van der Waals surface area contributed by atoms with Crippen LogP contribution in [0, 0.1) is 5.82 Å². The van der Waals surface area contributed by atoms with E-state index in [-0.39, 0.29) is 22.3 Å². The monoisotopic (exact) mass is 498 g/mol. The molecule has 2 aliphatic rings. The smallest absolute Gasteiger partial charge is 0.243 e. The second-order valence-corrected chi connectivity index (χ2v) is 10.4. The first-order valence-electron chi connectivity index (χ1n) is 11.3. The van der Waals surface area contributed by atoms with Crippen LogP contribution in [0.3, 0.4) is 0 Å². The Morgan fingerprint density at radius 3 is 2.60 bits per heavy atom. The minimum atomic E-state index is -1.32. The van der Waals surface area contributed by atoms with Crippen molar-refractivity contribution in [2.75, 3.05) is 20.2 Å². The maximum absolute atomic E-state index is 15.2. The van der Waals surface area contributed by atoms with Gasteiger partial charge in [0, 0.05) is 18.7 Å². The number of hydrogen-bond acceptors (Lipinski definition) is 6. The van der Waals surface area contributed by atoms with Gasteiger partial charge in [0.15, 0.2) is 5.17 Å². The highest BCUT2D eigenvalue weighted by Crippen LogP contribution is 2.50. The molecule has 0 saturated carbocycles. The van der Waals surface area contributed by atoms with E-state index in [9.17, 15) is 9.18 Å². The van der Waals surface area contributed by atoms with Crippen molar-refractivity contribution in [2.45, 2.75) is 37.0 Å². The molecule has 2 N–H and O–H groups in total.